The standard InChI is InChI=1S/C17H17ClN4O4S/c18-13-4-1-2-6-15(13)27(23,24)22-9-7-21(8-10-22)12-16-19-20-17(26-16)14-5-3-11-25-14/h1-6,11H,7-10,12H2. The molecule has 0 atom stereocenters. The summed E-state index contributed by atoms with van der Waals surface area (Å²) in [6.45, 7) is 2.30. The number of nitrogens with zero attached hydrogens (tertiary/aromatic N) is 4. The summed E-state index contributed by atoms with van der Waals surface area (Å²) in [4.78, 5) is 2.21. The van der Waals surface area contributed by atoms with Crippen molar-refractivity contribution in [1.82, 2.24) is 19.4 Å². The Labute approximate surface area is 161 Å². The Morgan fingerprint density at radius 3 is 2.52 bits per heavy atom. The fraction of sp³-hybridized carbons (Fsp3) is 0.294. The molecule has 0 spiro atoms. The van der Waals surface area contributed by atoms with Gasteiger partial charge in [-0.25, -0.2) is 8.42 Å². The van der Waals surface area contributed by atoms with Crippen molar-refractivity contribution in [2.45, 2.75) is 11.4 Å². The molecule has 1 aromatic carbocycles. The van der Waals surface area contributed by atoms with Crippen molar-refractivity contribution in [3.63, 3.8) is 0 Å². The van der Waals surface area contributed by atoms with Gasteiger partial charge in [0.1, 0.15) is 4.90 Å². The van der Waals surface area contributed by atoms with Crippen molar-refractivity contribution >= 4 is 21.6 Å². The summed E-state index contributed by atoms with van der Waals surface area (Å²) >= 11 is 6.06. The SMILES string of the molecule is O=S(=O)(c1ccccc1Cl)N1CCN(Cc2nnc(-c3ccco3)o2)CC1. The second-order valence-corrected chi connectivity index (χ2v) is 8.40. The molecule has 0 bridgehead atoms. The molecule has 27 heavy (non-hydrogen) atoms. The van der Waals surface area contributed by atoms with Crippen molar-refractivity contribution in [2.24, 2.45) is 0 Å². The van der Waals surface area contributed by atoms with Crippen LogP contribution in [0.1, 0.15) is 5.89 Å². The molecule has 0 saturated carbocycles. The molecule has 4 rings (SSSR count). The molecule has 1 fully saturated rings. The molecule has 3 aromatic rings. The van der Waals surface area contributed by atoms with Gasteiger partial charge < -0.3 is 8.83 Å². The maximum atomic E-state index is 12.8. The minimum Gasteiger partial charge on any atom is -0.459 e. The number of sulfonamides is 1. The van der Waals surface area contributed by atoms with Crippen molar-refractivity contribution in [2.75, 3.05) is 26.2 Å². The second kappa shape index (κ2) is 7.43. The molecule has 0 aliphatic carbocycles. The molecule has 1 aliphatic rings. The summed E-state index contributed by atoms with van der Waals surface area (Å²) in [7, 11) is -3.60. The van der Waals surface area contributed by atoms with Gasteiger partial charge in [0.05, 0.1) is 17.8 Å². The first kappa shape index (κ1) is 18.2. The zero-order chi connectivity index (χ0) is 18.9. The van der Waals surface area contributed by atoms with E-state index in [-0.39, 0.29) is 9.92 Å². The summed E-state index contributed by atoms with van der Waals surface area (Å²) < 4.78 is 37.8. The van der Waals surface area contributed by atoms with Crippen LogP contribution >= 0.6 is 11.6 Å². The van der Waals surface area contributed by atoms with Crippen LogP contribution < -0.4 is 0 Å². The van der Waals surface area contributed by atoms with Crippen molar-refractivity contribution in [3.8, 4) is 11.7 Å². The molecule has 1 saturated heterocycles. The minimum atomic E-state index is -3.60. The number of aromatic nitrogens is 2. The van der Waals surface area contributed by atoms with Crippen LogP contribution in [0.3, 0.4) is 0 Å². The minimum absolute atomic E-state index is 0.139. The quantitative estimate of drug-likeness (QED) is 0.640. The van der Waals surface area contributed by atoms with Crippen molar-refractivity contribution in [1.29, 1.82) is 0 Å². The summed E-state index contributed by atoms with van der Waals surface area (Å²) in [5, 5.41) is 8.23. The highest BCUT2D eigenvalue weighted by atomic mass is 35.5. The molecule has 0 N–H and O–H groups in total. The summed E-state index contributed by atoms with van der Waals surface area (Å²) in [5.41, 5.74) is 0. The lowest BCUT2D eigenvalue weighted by Gasteiger charge is -2.33. The van der Waals surface area contributed by atoms with E-state index in [4.69, 9.17) is 20.4 Å². The van der Waals surface area contributed by atoms with Gasteiger partial charge in [-0.1, -0.05) is 23.7 Å². The normalized spacial score (nSPS) is 16.6. The van der Waals surface area contributed by atoms with Gasteiger partial charge in [-0.3, -0.25) is 4.90 Å². The fourth-order valence-corrected chi connectivity index (χ4v) is 4.85. The second-order valence-electron chi connectivity index (χ2n) is 6.09. The predicted octanol–water partition coefficient (Wildman–Crippen LogP) is 2.49. The Morgan fingerprint density at radius 2 is 1.81 bits per heavy atom. The number of piperazine rings is 1. The van der Waals surface area contributed by atoms with Gasteiger partial charge in [-0.05, 0) is 24.3 Å². The van der Waals surface area contributed by atoms with Gasteiger partial charge in [-0.2, -0.15) is 4.31 Å². The van der Waals surface area contributed by atoms with E-state index in [1.165, 1.54) is 16.6 Å². The van der Waals surface area contributed by atoms with Gasteiger partial charge in [-0.15, -0.1) is 10.2 Å². The predicted molar refractivity (Wildman–Crippen MR) is 97.5 cm³/mol. The van der Waals surface area contributed by atoms with Gasteiger partial charge in [0, 0.05) is 26.2 Å². The Kier molecular flexibility index (Phi) is 5.00. The van der Waals surface area contributed by atoms with E-state index in [0.717, 1.165) is 0 Å². The first-order valence-corrected chi connectivity index (χ1v) is 10.2. The highest BCUT2D eigenvalue weighted by Crippen LogP contribution is 2.25. The third-order valence-electron chi connectivity index (χ3n) is 4.34. The van der Waals surface area contributed by atoms with Crippen LogP contribution in [0, 0.1) is 0 Å². The smallest absolute Gasteiger partial charge is 0.283 e. The van der Waals surface area contributed by atoms with Crippen LogP contribution in [0.15, 0.2) is 56.4 Å². The molecule has 0 unspecified atom stereocenters. The van der Waals surface area contributed by atoms with E-state index in [1.54, 1.807) is 30.3 Å². The van der Waals surface area contributed by atoms with E-state index in [9.17, 15) is 8.42 Å². The van der Waals surface area contributed by atoms with Gasteiger partial charge >= 0.3 is 0 Å². The maximum Gasteiger partial charge on any atom is 0.283 e. The summed E-state index contributed by atoms with van der Waals surface area (Å²) in [5.74, 6) is 1.31. The Hall–Kier alpha value is -2.20. The van der Waals surface area contributed by atoms with Gasteiger partial charge in [0.15, 0.2) is 5.76 Å². The first-order valence-electron chi connectivity index (χ1n) is 8.37. The Morgan fingerprint density at radius 1 is 1.04 bits per heavy atom. The molecule has 1 aliphatic heterocycles. The van der Waals surface area contributed by atoms with E-state index in [1.807, 2.05) is 0 Å². The van der Waals surface area contributed by atoms with Crippen LogP contribution in [-0.2, 0) is 16.6 Å². The number of hydrogen-bond acceptors (Lipinski definition) is 7. The average Bonchev–Trinajstić information content (AvgIpc) is 3.34. The Bertz CT molecular complexity index is 1010. The lowest BCUT2D eigenvalue weighted by molar-refractivity contribution is 0.168. The van der Waals surface area contributed by atoms with Crippen LogP contribution in [-0.4, -0.2) is 54.0 Å². The molecule has 142 valence electrons. The third-order valence-corrected chi connectivity index (χ3v) is 6.74. The molecule has 0 amide bonds. The molecule has 10 heteroatoms. The van der Waals surface area contributed by atoms with Crippen LogP contribution in [0.2, 0.25) is 5.02 Å². The zero-order valence-electron chi connectivity index (χ0n) is 14.3. The van der Waals surface area contributed by atoms with Crippen molar-refractivity contribution < 1.29 is 17.3 Å². The molecular weight excluding hydrogens is 392 g/mol. The zero-order valence-corrected chi connectivity index (χ0v) is 15.9. The number of hydrogen-bond donors (Lipinski definition) is 0. The molecule has 8 nitrogen and oxygen atoms in total. The lowest BCUT2D eigenvalue weighted by Crippen LogP contribution is -2.48. The van der Waals surface area contributed by atoms with Crippen LogP contribution in [0.25, 0.3) is 11.7 Å². The number of furan rings is 1. The van der Waals surface area contributed by atoms with E-state index in [2.05, 4.69) is 15.1 Å². The monoisotopic (exact) mass is 408 g/mol. The molecule has 3 heterocycles. The fourth-order valence-electron chi connectivity index (χ4n) is 2.93. The third kappa shape index (κ3) is 3.77. The molecular formula is C17H17ClN4O4S. The highest BCUT2D eigenvalue weighted by Gasteiger charge is 2.30. The molecule has 2 aromatic heterocycles. The van der Waals surface area contributed by atoms with E-state index < -0.39 is 10.0 Å². The van der Waals surface area contributed by atoms with Crippen LogP contribution in [0.5, 0.6) is 0 Å². The van der Waals surface area contributed by atoms with Gasteiger partial charge in [0.25, 0.3) is 5.89 Å². The lowest BCUT2D eigenvalue weighted by atomic mass is 10.3. The average molecular weight is 409 g/mol. The van der Waals surface area contributed by atoms with Gasteiger partial charge in [0.2, 0.25) is 15.9 Å². The Balaban J connectivity index is 1.39. The number of rotatable bonds is 5. The highest BCUT2D eigenvalue weighted by molar-refractivity contribution is 7.89. The maximum absolute atomic E-state index is 12.8. The van der Waals surface area contributed by atoms with Crippen LogP contribution in [0.4, 0.5) is 0 Å². The van der Waals surface area contributed by atoms with E-state index >= 15 is 0 Å². The summed E-state index contributed by atoms with van der Waals surface area (Å²) in [6.07, 6.45) is 1.54. The largest absolute Gasteiger partial charge is 0.459 e. The summed E-state index contributed by atoms with van der Waals surface area (Å²) in [6, 6.07) is 9.98. The molecule has 0 radical (unpaired) electrons. The van der Waals surface area contributed by atoms with Crippen molar-refractivity contribution in [3.05, 3.63) is 53.6 Å². The number of benzene rings is 1. The van der Waals surface area contributed by atoms with E-state index in [0.29, 0.717) is 50.3 Å². The number of halogens is 1. The topological polar surface area (TPSA) is 92.7 Å². The first-order chi connectivity index (χ1) is 13.0.